The minimum Gasteiger partial charge on any atom is -0.304 e. The maximum Gasteiger partial charge on any atom is 0.262 e. The van der Waals surface area contributed by atoms with E-state index in [4.69, 9.17) is 10.1 Å². The van der Waals surface area contributed by atoms with Crippen LogP contribution in [0.1, 0.15) is 44.3 Å². The van der Waals surface area contributed by atoms with Crippen LogP contribution in [0.5, 0.6) is 0 Å². The molecule has 0 aliphatic heterocycles. The highest BCUT2D eigenvalue weighted by Crippen LogP contribution is 2.32. The first kappa shape index (κ1) is 16.1. The lowest BCUT2D eigenvalue weighted by atomic mass is 10.2. The van der Waals surface area contributed by atoms with Gasteiger partial charge in [0.15, 0.2) is 11.5 Å². The zero-order chi connectivity index (χ0) is 18.4. The SMILES string of the molecule is CCc1nn(C2CCCC2)c2nc(-c3cnc4ccccc4n3)[nH]c(=O)c12. The summed E-state index contributed by atoms with van der Waals surface area (Å²) in [5, 5.41) is 5.33. The number of nitrogens with zero attached hydrogens (tertiary/aromatic N) is 5. The van der Waals surface area contributed by atoms with Gasteiger partial charge in [0.25, 0.3) is 5.56 Å². The van der Waals surface area contributed by atoms with Gasteiger partial charge < -0.3 is 4.98 Å². The fourth-order valence-electron chi connectivity index (χ4n) is 3.96. The molecule has 7 nitrogen and oxygen atoms in total. The molecule has 1 aliphatic rings. The number of nitrogens with one attached hydrogen (secondary N) is 1. The van der Waals surface area contributed by atoms with E-state index in [1.807, 2.05) is 35.9 Å². The maximum atomic E-state index is 12.8. The first-order valence-electron chi connectivity index (χ1n) is 9.48. The smallest absolute Gasteiger partial charge is 0.262 e. The summed E-state index contributed by atoms with van der Waals surface area (Å²) in [6.07, 6.45) is 6.91. The Hall–Kier alpha value is -3.09. The predicted octanol–water partition coefficient (Wildman–Crippen LogP) is 3.41. The van der Waals surface area contributed by atoms with Crippen molar-refractivity contribution in [2.24, 2.45) is 0 Å². The van der Waals surface area contributed by atoms with Crippen LogP contribution in [0.15, 0.2) is 35.3 Å². The monoisotopic (exact) mass is 360 g/mol. The van der Waals surface area contributed by atoms with Gasteiger partial charge in [0.1, 0.15) is 11.1 Å². The molecule has 27 heavy (non-hydrogen) atoms. The summed E-state index contributed by atoms with van der Waals surface area (Å²) in [6, 6.07) is 7.98. The average Bonchev–Trinajstić information content (AvgIpc) is 3.35. The summed E-state index contributed by atoms with van der Waals surface area (Å²) < 4.78 is 1.97. The van der Waals surface area contributed by atoms with Gasteiger partial charge >= 0.3 is 0 Å². The van der Waals surface area contributed by atoms with Gasteiger partial charge in [-0.05, 0) is 31.4 Å². The lowest BCUT2D eigenvalue weighted by molar-refractivity contribution is 0.474. The summed E-state index contributed by atoms with van der Waals surface area (Å²) in [7, 11) is 0. The summed E-state index contributed by atoms with van der Waals surface area (Å²) in [4.78, 5) is 29.6. The van der Waals surface area contributed by atoms with E-state index < -0.39 is 0 Å². The zero-order valence-corrected chi connectivity index (χ0v) is 15.1. The van der Waals surface area contributed by atoms with Crippen LogP contribution in [-0.2, 0) is 6.42 Å². The highest BCUT2D eigenvalue weighted by Gasteiger charge is 2.24. The number of rotatable bonds is 3. The molecule has 136 valence electrons. The fraction of sp³-hybridized carbons (Fsp3) is 0.350. The van der Waals surface area contributed by atoms with Gasteiger partial charge in [-0.3, -0.25) is 9.78 Å². The normalized spacial score (nSPS) is 15.1. The number of aromatic amines is 1. The molecule has 3 aromatic heterocycles. The second-order valence-corrected chi connectivity index (χ2v) is 7.04. The van der Waals surface area contributed by atoms with Crippen molar-refractivity contribution in [1.82, 2.24) is 29.7 Å². The minimum absolute atomic E-state index is 0.161. The molecular formula is C20H20N6O. The molecule has 7 heteroatoms. The standard InChI is InChI=1S/C20H20N6O/c1-2-13-17-19(26(25-13)12-7-3-4-8-12)23-18(24-20(17)27)16-11-21-14-9-5-6-10-15(14)22-16/h5-6,9-12H,2-4,7-8H2,1H3,(H,23,24,27). The lowest BCUT2D eigenvalue weighted by Crippen LogP contribution is -2.13. The van der Waals surface area contributed by atoms with Crippen LogP contribution in [0.3, 0.4) is 0 Å². The van der Waals surface area contributed by atoms with Crippen LogP contribution in [0.2, 0.25) is 0 Å². The van der Waals surface area contributed by atoms with E-state index in [1.165, 1.54) is 12.8 Å². The molecule has 3 heterocycles. The van der Waals surface area contributed by atoms with Crippen molar-refractivity contribution in [3.05, 3.63) is 46.5 Å². The number of hydrogen-bond acceptors (Lipinski definition) is 5. The van der Waals surface area contributed by atoms with Crippen LogP contribution in [0.4, 0.5) is 0 Å². The third-order valence-electron chi connectivity index (χ3n) is 5.33. The summed E-state index contributed by atoms with van der Waals surface area (Å²) in [5.74, 6) is 0.438. The molecule has 1 N–H and O–H groups in total. The summed E-state index contributed by atoms with van der Waals surface area (Å²) >= 11 is 0. The quantitative estimate of drug-likeness (QED) is 0.605. The van der Waals surface area contributed by atoms with Gasteiger partial charge in [0, 0.05) is 0 Å². The van der Waals surface area contributed by atoms with Crippen LogP contribution in [0.25, 0.3) is 33.6 Å². The average molecular weight is 360 g/mol. The molecule has 5 rings (SSSR count). The molecule has 1 fully saturated rings. The van der Waals surface area contributed by atoms with Gasteiger partial charge in [-0.25, -0.2) is 14.6 Å². The number of aryl methyl sites for hydroxylation is 1. The van der Waals surface area contributed by atoms with Crippen molar-refractivity contribution in [1.29, 1.82) is 0 Å². The first-order chi connectivity index (χ1) is 13.2. The van der Waals surface area contributed by atoms with Crippen molar-refractivity contribution in [2.45, 2.75) is 45.1 Å². The number of benzene rings is 1. The van der Waals surface area contributed by atoms with Gasteiger partial charge in [-0.1, -0.05) is 31.9 Å². The first-order valence-corrected chi connectivity index (χ1v) is 9.48. The van der Waals surface area contributed by atoms with Crippen molar-refractivity contribution in [2.75, 3.05) is 0 Å². The van der Waals surface area contributed by atoms with Gasteiger partial charge in [0.05, 0.1) is 29.0 Å². The molecule has 0 saturated heterocycles. The number of para-hydroxylation sites is 2. The molecule has 0 atom stereocenters. The van der Waals surface area contributed by atoms with Crippen molar-refractivity contribution >= 4 is 22.1 Å². The molecule has 0 spiro atoms. The Kier molecular flexibility index (Phi) is 3.74. The van der Waals surface area contributed by atoms with E-state index in [2.05, 4.69) is 15.0 Å². The topological polar surface area (TPSA) is 89.3 Å². The van der Waals surface area contributed by atoms with E-state index >= 15 is 0 Å². The Morgan fingerprint density at radius 3 is 2.70 bits per heavy atom. The third-order valence-corrected chi connectivity index (χ3v) is 5.33. The zero-order valence-electron chi connectivity index (χ0n) is 15.1. The number of fused-ring (bicyclic) bond motifs is 2. The Bertz CT molecular complexity index is 1200. The molecule has 0 bridgehead atoms. The summed E-state index contributed by atoms with van der Waals surface area (Å²) in [5.41, 5.74) is 3.45. The fourth-order valence-corrected chi connectivity index (χ4v) is 3.96. The highest BCUT2D eigenvalue weighted by molar-refractivity contribution is 5.80. The number of aromatic nitrogens is 6. The van der Waals surface area contributed by atoms with Crippen LogP contribution < -0.4 is 5.56 Å². The lowest BCUT2D eigenvalue weighted by Gasteiger charge is -2.10. The van der Waals surface area contributed by atoms with Crippen LogP contribution in [-0.4, -0.2) is 29.7 Å². The summed E-state index contributed by atoms with van der Waals surface area (Å²) in [6.45, 7) is 2.02. The molecule has 0 unspecified atom stereocenters. The third kappa shape index (κ3) is 2.61. The molecule has 1 saturated carbocycles. The van der Waals surface area contributed by atoms with E-state index in [-0.39, 0.29) is 5.56 Å². The number of hydrogen-bond donors (Lipinski definition) is 1. The van der Waals surface area contributed by atoms with Crippen LogP contribution in [0, 0.1) is 0 Å². The molecule has 0 radical (unpaired) electrons. The van der Waals surface area contributed by atoms with Crippen molar-refractivity contribution in [3.8, 4) is 11.5 Å². The number of H-pyrrole nitrogens is 1. The van der Waals surface area contributed by atoms with Gasteiger partial charge in [-0.2, -0.15) is 5.10 Å². The Balaban J connectivity index is 1.73. The predicted molar refractivity (Wildman–Crippen MR) is 104 cm³/mol. The van der Waals surface area contributed by atoms with E-state index in [1.54, 1.807) is 6.20 Å². The maximum absolute atomic E-state index is 12.8. The largest absolute Gasteiger partial charge is 0.304 e. The Labute approximate surface area is 155 Å². The molecule has 1 aliphatic carbocycles. The van der Waals surface area contributed by atoms with Gasteiger partial charge in [-0.15, -0.1) is 0 Å². The highest BCUT2D eigenvalue weighted by atomic mass is 16.1. The molecule has 4 aromatic rings. The van der Waals surface area contributed by atoms with Gasteiger partial charge in [0.2, 0.25) is 0 Å². The molecular weight excluding hydrogens is 340 g/mol. The Morgan fingerprint density at radius 2 is 1.93 bits per heavy atom. The van der Waals surface area contributed by atoms with Crippen molar-refractivity contribution < 1.29 is 0 Å². The van der Waals surface area contributed by atoms with E-state index in [0.717, 1.165) is 29.6 Å². The van der Waals surface area contributed by atoms with Crippen LogP contribution >= 0.6 is 0 Å². The van der Waals surface area contributed by atoms with E-state index in [9.17, 15) is 4.79 Å². The Morgan fingerprint density at radius 1 is 1.15 bits per heavy atom. The second-order valence-electron chi connectivity index (χ2n) is 7.04. The second kappa shape index (κ2) is 6.26. The minimum atomic E-state index is -0.161. The van der Waals surface area contributed by atoms with Crippen molar-refractivity contribution in [3.63, 3.8) is 0 Å². The van der Waals surface area contributed by atoms with E-state index in [0.29, 0.717) is 35.0 Å². The molecule has 1 aromatic carbocycles. The molecule has 0 amide bonds.